The van der Waals surface area contributed by atoms with Gasteiger partial charge in [0.15, 0.2) is 11.5 Å². The van der Waals surface area contributed by atoms with Gasteiger partial charge in [0.1, 0.15) is 0 Å². The monoisotopic (exact) mass is 348 g/mol. The molecular formula is C17H21ClN4O2. The molecule has 2 aliphatic heterocycles. The lowest BCUT2D eigenvalue weighted by molar-refractivity contribution is 0.174. The molecule has 0 atom stereocenters. The van der Waals surface area contributed by atoms with Crippen LogP contribution in [-0.2, 0) is 13.1 Å². The number of fused-ring (bicyclic) bond motifs is 1. The lowest BCUT2D eigenvalue weighted by atomic mass is 10.2. The predicted molar refractivity (Wildman–Crippen MR) is 93.8 cm³/mol. The molecule has 1 aromatic carbocycles. The van der Waals surface area contributed by atoms with Crippen LogP contribution in [0, 0.1) is 0 Å². The van der Waals surface area contributed by atoms with Gasteiger partial charge in [-0.1, -0.05) is 6.07 Å². The Labute approximate surface area is 147 Å². The van der Waals surface area contributed by atoms with E-state index in [4.69, 9.17) is 9.47 Å². The molecule has 1 saturated heterocycles. The highest BCUT2D eigenvalue weighted by molar-refractivity contribution is 5.85. The molecule has 24 heavy (non-hydrogen) atoms. The van der Waals surface area contributed by atoms with Crippen molar-refractivity contribution in [1.29, 1.82) is 0 Å². The van der Waals surface area contributed by atoms with Crippen LogP contribution in [0.2, 0.25) is 0 Å². The van der Waals surface area contributed by atoms with Crippen LogP contribution >= 0.6 is 12.4 Å². The molecule has 128 valence electrons. The zero-order chi connectivity index (χ0) is 15.5. The fourth-order valence-electron chi connectivity index (χ4n) is 2.92. The number of halogens is 1. The molecule has 4 rings (SSSR count). The Hall–Kier alpha value is -2.05. The molecule has 3 heterocycles. The van der Waals surface area contributed by atoms with Crippen molar-refractivity contribution in [1.82, 2.24) is 15.3 Å². The molecule has 1 N–H and O–H groups in total. The van der Waals surface area contributed by atoms with Gasteiger partial charge in [-0.3, -0.25) is 0 Å². The average Bonchev–Trinajstić information content (AvgIpc) is 3.27. The summed E-state index contributed by atoms with van der Waals surface area (Å²) in [6.07, 6.45) is 6.30. The highest BCUT2D eigenvalue weighted by Crippen LogP contribution is 2.32. The van der Waals surface area contributed by atoms with Crippen LogP contribution in [0.1, 0.15) is 24.0 Å². The van der Waals surface area contributed by atoms with Gasteiger partial charge in [0.25, 0.3) is 0 Å². The number of ether oxygens (including phenoxy) is 2. The minimum absolute atomic E-state index is 0. The first-order valence-corrected chi connectivity index (χ1v) is 8.03. The van der Waals surface area contributed by atoms with Gasteiger partial charge in [0, 0.05) is 44.1 Å². The molecular weight excluding hydrogens is 328 g/mol. The Morgan fingerprint density at radius 2 is 1.67 bits per heavy atom. The molecule has 2 aliphatic rings. The number of nitrogens with one attached hydrogen (secondary N) is 1. The Morgan fingerprint density at radius 1 is 0.958 bits per heavy atom. The minimum Gasteiger partial charge on any atom is -0.454 e. The molecule has 6 nitrogen and oxygen atoms in total. The third-order valence-electron chi connectivity index (χ3n) is 4.18. The van der Waals surface area contributed by atoms with Crippen molar-refractivity contribution in [3.63, 3.8) is 0 Å². The molecule has 0 spiro atoms. The summed E-state index contributed by atoms with van der Waals surface area (Å²) in [6.45, 7) is 3.97. The van der Waals surface area contributed by atoms with Gasteiger partial charge in [-0.15, -0.1) is 12.4 Å². The highest BCUT2D eigenvalue weighted by Gasteiger charge is 2.14. The largest absolute Gasteiger partial charge is 0.454 e. The third kappa shape index (κ3) is 3.71. The second-order valence-corrected chi connectivity index (χ2v) is 5.88. The van der Waals surface area contributed by atoms with Crippen LogP contribution in [0.4, 0.5) is 5.95 Å². The molecule has 0 unspecified atom stereocenters. The zero-order valence-corrected chi connectivity index (χ0v) is 14.2. The average molecular weight is 349 g/mol. The first-order chi connectivity index (χ1) is 11.4. The maximum Gasteiger partial charge on any atom is 0.231 e. The Bertz CT molecular complexity index is 675. The van der Waals surface area contributed by atoms with Crippen LogP contribution in [0.25, 0.3) is 0 Å². The Kier molecular flexibility index (Phi) is 5.37. The van der Waals surface area contributed by atoms with Crippen LogP contribution < -0.4 is 19.7 Å². The lowest BCUT2D eigenvalue weighted by Gasteiger charge is -2.14. The maximum absolute atomic E-state index is 5.39. The minimum atomic E-state index is 0. The van der Waals surface area contributed by atoms with Gasteiger partial charge in [-0.05, 0) is 30.5 Å². The molecule has 0 saturated carbocycles. The van der Waals surface area contributed by atoms with Crippen molar-refractivity contribution in [2.45, 2.75) is 25.9 Å². The zero-order valence-electron chi connectivity index (χ0n) is 13.4. The fourth-order valence-corrected chi connectivity index (χ4v) is 2.92. The lowest BCUT2D eigenvalue weighted by Crippen LogP contribution is -2.20. The van der Waals surface area contributed by atoms with E-state index >= 15 is 0 Å². The predicted octanol–water partition coefficient (Wildman–Crippen LogP) is 2.52. The second-order valence-electron chi connectivity index (χ2n) is 5.88. The van der Waals surface area contributed by atoms with E-state index < -0.39 is 0 Å². The van der Waals surface area contributed by atoms with Crippen molar-refractivity contribution in [3.8, 4) is 11.5 Å². The summed E-state index contributed by atoms with van der Waals surface area (Å²) >= 11 is 0. The second kappa shape index (κ2) is 7.68. The normalized spacial score (nSPS) is 15.4. The number of anilines is 1. The van der Waals surface area contributed by atoms with Crippen molar-refractivity contribution in [2.24, 2.45) is 0 Å². The van der Waals surface area contributed by atoms with Gasteiger partial charge < -0.3 is 19.7 Å². The number of aromatic nitrogens is 2. The fraction of sp³-hybridized carbons (Fsp3) is 0.412. The summed E-state index contributed by atoms with van der Waals surface area (Å²) < 4.78 is 10.7. The maximum atomic E-state index is 5.39. The van der Waals surface area contributed by atoms with Crippen molar-refractivity contribution >= 4 is 18.4 Å². The molecule has 2 aromatic rings. The molecule has 1 aromatic heterocycles. The first-order valence-electron chi connectivity index (χ1n) is 8.03. The number of hydrogen-bond donors (Lipinski definition) is 1. The van der Waals surface area contributed by atoms with Crippen LogP contribution in [0.3, 0.4) is 0 Å². The van der Waals surface area contributed by atoms with E-state index in [1.165, 1.54) is 18.4 Å². The molecule has 0 radical (unpaired) electrons. The van der Waals surface area contributed by atoms with Crippen molar-refractivity contribution in [3.05, 3.63) is 41.7 Å². The van der Waals surface area contributed by atoms with Crippen LogP contribution in [0.15, 0.2) is 30.6 Å². The number of nitrogens with zero attached hydrogens (tertiary/aromatic N) is 3. The quantitative estimate of drug-likeness (QED) is 0.896. The summed E-state index contributed by atoms with van der Waals surface area (Å²) in [5, 5.41) is 3.41. The molecule has 0 amide bonds. The Morgan fingerprint density at radius 3 is 2.46 bits per heavy atom. The molecule has 0 aliphatic carbocycles. The van der Waals surface area contributed by atoms with E-state index in [1.807, 2.05) is 30.6 Å². The van der Waals surface area contributed by atoms with E-state index in [-0.39, 0.29) is 12.4 Å². The van der Waals surface area contributed by atoms with Crippen LogP contribution in [-0.4, -0.2) is 29.9 Å². The summed E-state index contributed by atoms with van der Waals surface area (Å²) in [5.41, 5.74) is 2.26. The number of rotatable bonds is 5. The van der Waals surface area contributed by atoms with E-state index in [0.717, 1.165) is 49.2 Å². The van der Waals surface area contributed by atoms with E-state index in [2.05, 4.69) is 20.2 Å². The van der Waals surface area contributed by atoms with Gasteiger partial charge in [0.05, 0.1) is 0 Å². The summed E-state index contributed by atoms with van der Waals surface area (Å²) in [7, 11) is 0. The summed E-state index contributed by atoms with van der Waals surface area (Å²) in [5.74, 6) is 2.49. The SMILES string of the molecule is Cl.c1cc2c(cc1CNCc1cnc(N3CCCC3)nc1)OCO2. The van der Waals surface area contributed by atoms with Crippen LogP contribution in [0.5, 0.6) is 11.5 Å². The number of benzene rings is 1. The van der Waals surface area contributed by atoms with Gasteiger partial charge in [-0.2, -0.15) is 0 Å². The third-order valence-corrected chi connectivity index (χ3v) is 4.18. The van der Waals surface area contributed by atoms with E-state index in [9.17, 15) is 0 Å². The topological polar surface area (TPSA) is 59.5 Å². The summed E-state index contributed by atoms with van der Waals surface area (Å²) in [6, 6.07) is 6.02. The smallest absolute Gasteiger partial charge is 0.231 e. The molecule has 0 bridgehead atoms. The first kappa shape index (κ1) is 16.8. The van der Waals surface area contributed by atoms with Crippen molar-refractivity contribution in [2.75, 3.05) is 24.8 Å². The number of hydrogen-bond acceptors (Lipinski definition) is 6. The standard InChI is InChI=1S/C17H20N4O2.ClH/c1-2-6-21(5-1)17-19-10-14(11-20-17)9-18-8-13-3-4-15-16(7-13)23-12-22-15;/h3-4,7,10-11,18H,1-2,5-6,8-9,12H2;1H. The Balaban J connectivity index is 0.00000169. The molecule has 1 fully saturated rings. The summed E-state index contributed by atoms with van der Waals surface area (Å²) in [4.78, 5) is 11.2. The van der Waals surface area contributed by atoms with Gasteiger partial charge >= 0.3 is 0 Å². The van der Waals surface area contributed by atoms with E-state index in [1.54, 1.807) is 0 Å². The van der Waals surface area contributed by atoms with Crippen molar-refractivity contribution < 1.29 is 9.47 Å². The van der Waals surface area contributed by atoms with Gasteiger partial charge in [-0.25, -0.2) is 9.97 Å². The molecule has 7 heteroatoms. The highest BCUT2D eigenvalue weighted by atomic mass is 35.5. The van der Waals surface area contributed by atoms with E-state index in [0.29, 0.717) is 6.79 Å². The van der Waals surface area contributed by atoms with Gasteiger partial charge in [0.2, 0.25) is 12.7 Å².